The van der Waals surface area contributed by atoms with E-state index in [9.17, 15) is 4.79 Å². The third kappa shape index (κ3) is 11.5. The summed E-state index contributed by atoms with van der Waals surface area (Å²) in [6.45, 7) is -0.359. The maximum Gasteiger partial charge on any atom is 2.00 e. The number of rotatable bonds is 2. The van der Waals surface area contributed by atoms with Gasteiger partial charge in [-0.25, -0.2) is 4.99 Å². The van der Waals surface area contributed by atoms with Crippen LogP contribution in [0.15, 0.2) is 4.99 Å². The van der Waals surface area contributed by atoms with Crippen molar-refractivity contribution >= 4 is 49.7 Å². The number of aliphatic carboxylic acids is 1. The monoisotopic (exact) mass is 159 g/mol. The molecule has 0 aromatic carbocycles. The third-order valence-electron chi connectivity index (χ3n) is 0.397. The predicted molar refractivity (Wildman–Crippen MR) is 36.3 cm³/mol. The van der Waals surface area contributed by atoms with Gasteiger partial charge in [-0.2, -0.15) is 0 Å². The van der Waals surface area contributed by atoms with Crippen LogP contribution in [0.4, 0.5) is 0 Å². The molecule has 6 heteroatoms. The van der Waals surface area contributed by atoms with Crippen molar-refractivity contribution in [2.75, 3.05) is 6.54 Å². The van der Waals surface area contributed by atoms with Crippen molar-refractivity contribution in [3.05, 3.63) is 0 Å². The van der Waals surface area contributed by atoms with Crippen molar-refractivity contribution < 1.29 is 12.8 Å². The second kappa shape index (κ2) is 6.12. The summed E-state index contributed by atoms with van der Waals surface area (Å²) in [7, 11) is 0. The molecule has 0 saturated heterocycles. The standard InChI is InChI=1S/C3H7N3O2.Ca.2H/c4-3(5)6-1-2(7)8;;;/h1H2,(H,7,8)(H4,4,5,6);;;/q;+2;2*-1. The predicted octanol–water partition coefficient (Wildman–Crippen LogP) is -1.81. The summed E-state index contributed by atoms with van der Waals surface area (Å²) in [5, 5.41) is 7.94. The molecule has 0 heterocycles. The number of nitrogens with zero attached hydrogens (tertiary/aromatic N) is 1. The Labute approximate surface area is 85.1 Å². The molecule has 0 bridgehead atoms. The zero-order valence-electron chi connectivity index (χ0n) is 6.87. The molecule has 0 fully saturated rings. The van der Waals surface area contributed by atoms with Crippen LogP contribution >= 0.6 is 0 Å². The van der Waals surface area contributed by atoms with E-state index in [1.54, 1.807) is 0 Å². The van der Waals surface area contributed by atoms with Gasteiger partial charge in [-0.05, 0) is 0 Å². The van der Waals surface area contributed by atoms with E-state index in [1.807, 2.05) is 0 Å². The van der Waals surface area contributed by atoms with Crippen LogP contribution in [0.2, 0.25) is 0 Å². The Morgan fingerprint density at radius 1 is 1.67 bits per heavy atom. The molecule has 0 aromatic heterocycles. The smallest absolute Gasteiger partial charge is 1.00 e. The molecule has 0 aliphatic heterocycles. The van der Waals surface area contributed by atoms with Gasteiger partial charge < -0.3 is 19.4 Å². The Hall–Kier alpha value is -0.000260. The molecule has 9 heavy (non-hydrogen) atoms. The van der Waals surface area contributed by atoms with E-state index in [0.717, 1.165) is 0 Å². The molecule has 0 saturated carbocycles. The van der Waals surface area contributed by atoms with Crippen LogP contribution in [-0.4, -0.2) is 61.3 Å². The average Bonchev–Trinajstić information content (AvgIpc) is 1.61. The maximum atomic E-state index is 9.69. The molecule has 50 valence electrons. The number of carboxylic acid groups (broad SMARTS) is 1. The van der Waals surface area contributed by atoms with E-state index in [4.69, 9.17) is 16.6 Å². The molecule has 0 aromatic rings. The van der Waals surface area contributed by atoms with E-state index in [1.165, 1.54) is 0 Å². The summed E-state index contributed by atoms with van der Waals surface area (Å²) in [5.74, 6) is -1.24. The molecule has 0 unspecified atom stereocenters. The largest absolute Gasteiger partial charge is 2.00 e. The van der Waals surface area contributed by atoms with Crippen molar-refractivity contribution in [3.63, 3.8) is 0 Å². The summed E-state index contributed by atoms with van der Waals surface area (Å²) in [6, 6.07) is 0. The van der Waals surface area contributed by atoms with Gasteiger partial charge in [0.15, 0.2) is 5.96 Å². The van der Waals surface area contributed by atoms with Gasteiger partial charge in [0, 0.05) is 0 Å². The van der Waals surface area contributed by atoms with Crippen LogP contribution in [0.5, 0.6) is 0 Å². The Morgan fingerprint density at radius 3 is 2.22 bits per heavy atom. The number of nitrogens with two attached hydrogens (primary N) is 2. The van der Waals surface area contributed by atoms with Crippen LogP contribution in [0, 0.1) is 0 Å². The summed E-state index contributed by atoms with van der Waals surface area (Å²) >= 11 is 0. The van der Waals surface area contributed by atoms with Crippen LogP contribution in [0.25, 0.3) is 0 Å². The Kier molecular flexibility index (Phi) is 8.00. The van der Waals surface area contributed by atoms with E-state index in [-0.39, 0.29) is 53.1 Å². The number of aliphatic imine (C=N–C) groups is 1. The van der Waals surface area contributed by atoms with Crippen molar-refractivity contribution in [2.24, 2.45) is 16.5 Å². The minimum atomic E-state index is -1.04. The van der Waals surface area contributed by atoms with E-state index >= 15 is 0 Å². The zero-order chi connectivity index (χ0) is 6.57. The van der Waals surface area contributed by atoms with Gasteiger partial charge in [-0.3, -0.25) is 4.79 Å². The fourth-order valence-corrected chi connectivity index (χ4v) is 0.159. The van der Waals surface area contributed by atoms with Crippen molar-refractivity contribution in [1.29, 1.82) is 0 Å². The van der Waals surface area contributed by atoms with Gasteiger partial charge in [-0.1, -0.05) is 0 Å². The Balaban J connectivity index is -0.0000000817. The molecule has 0 spiro atoms. The first-order chi connectivity index (χ1) is 3.63. The van der Waals surface area contributed by atoms with E-state index in [0.29, 0.717) is 0 Å². The first-order valence-corrected chi connectivity index (χ1v) is 1.90. The molecule has 5 nitrogen and oxygen atoms in total. The van der Waals surface area contributed by atoms with Gasteiger partial charge >= 0.3 is 43.7 Å². The van der Waals surface area contributed by atoms with Crippen molar-refractivity contribution in [3.8, 4) is 0 Å². The molecule has 0 radical (unpaired) electrons. The number of guanidine groups is 1. The SMILES string of the molecule is NC(N)=NCC(=O)O.[Ca+2].[H-].[H-]. The molecule has 0 atom stereocenters. The summed E-state index contributed by atoms with van der Waals surface area (Å²) < 4.78 is 0. The van der Waals surface area contributed by atoms with Crippen LogP contribution in [0.3, 0.4) is 0 Å². The van der Waals surface area contributed by atoms with Crippen LogP contribution < -0.4 is 11.5 Å². The average molecular weight is 159 g/mol. The first-order valence-electron chi connectivity index (χ1n) is 1.90. The molecule has 0 aliphatic rings. The van der Waals surface area contributed by atoms with Gasteiger partial charge in [0.2, 0.25) is 0 Å². The summed E-state index contributed by atoms with van der Waals surface area (Å²) in [6.07, 6.45) is 0. The minimum absolute atomic E-state index is 0. The number of hydrogen-bond donors (Lipinski definition) is 3. The second-order valence-corrected chi connectivity index (χ2v) is 1.13. The van der Waals surface area contributed by atoms with Crippen LogP contribution in [-0.2, 0) is 4.79 Å². The molecular weight excluding hydrogens is 150 g/mol. The third-order valence-corrected chi connectivity index (χ3v) is 0.397. The van der Waals surface area contributed by atoms with E-state index < -0.39 is 5.97 Å². The van der Waals surface area contributed by atoms with Gasteiger partial charge in [0.05, 0.1) is 0 Å². The fourth-order valence-electron chi connectivity index (χ4n) is 0.159. The summed E-state index contributed by atoms with van der Waals surface area (Å²) in [5.41, 5.74) is 9.61. The number of carbonyl (C=O) groups is 1. The summed E-state index contributed by atoms with van der Waals surface area (Å²) in [4.78, 5) is 12.9. The minimum Gasteiger partial charge on any atom is -1.00 e. The van der Waals surface area contributed by atoms with Gasteiger partial charge in [0.1, 0.15) is 6.54 Å². The molecule has 0 rings (SSSR count). The molecule has 0 amide bonds. The maximum absolute atomic E-state index is 9.69. The Morgan fingerprint density at radius 2 is 2.11 bits per heavy atom. The van der Waals surface area contributed by atoms with Gasteiger partial charge in [-0.15, -0.1) is 0 Å². The number of carboxylic acids is 1. The number of hydrogen-bond acceptors (Lipinski definition) is 2. The Bertz CT molecular complexity index is 128. The zero-order valence-corrected chi connectivity index (χ0v) is 7.08. The first kappa shape index (κ1) is 11.8. The molecule has 0 aliphatic carbocycles. The molecular formula is C3H9CaN3O2. The van der Waals surface area contributed by atoms with Crippen molar-refractivity contribution in [2.45, 2.75) is 0 Å². The van der Waals surface area contributed by atoms with E-state index in [2.05, 4.69) is 4.99 Å². The quantitative estimate of drug-likeness (QED) is 0.251. The molecule has 5 N–H and O–H groups in total. The van der Waals surface area contributed by atoms with Crippen molar-refractivity contribution in [1.82, 2.24) is 0 Å². The topological polar surface area (TPSA) is 102 Å². The fraction of sp³-hybridized carbons (Fsp3) is 0.333. The normalized spacial score (nSPS) is 7.11. The van der Waals surface area contributed by atoms with Gasteiger partial charge in [0.25, 0.3) is 0 Å². The second-order valence-electron chi connectivity index (χ2n) is 1.13. The van der Waals surface area contributed by atoms with Crippen LogP contribution in [0.1, 0.15) is 2.85 Å².